The molecule has 0 unspecified atom stereocenters. The first-order valence-electron chi connectivity index (χ1n) is 13.7. The molecule has 1 aliphatic rings. The maximum atomic E-state index is 15.0. The van der Waals surface area contributed by atoms with E-state index in [0.29, 0.717) is 37.6 Å². The number of esters is 1. The highest BCUT2D eigenvalue weighted by Gasteiger charge is 2.39. The summed E-state index contributed by atoms with van der Waals surface area (Å²) in [7, 11) is 0. The van der Waals surface area contributed by atoms with Crippen LogP contribution in [0, 0.1) is 23.3 Å². The highest BCUT2D eigenvalue weighted by Crippen LogP contribution is 2.44. The zero-order valence-corrected chi connectivity index (χ0v) is 23.2. The first-order valence-corrected chi connectivity index (χ1v) is 13.7. The molecule has 8 nitrogen and oxygen atoms in total. The molecular formula is C31H26F4N4O4. The van der Waals surface area contributed by atoms with E-state index in [1.807, 2.05) is 25.1 Å². The van der Waals surface area contributed by atoms with Crippen molar-refractivity contribution in [2.24, 2.45) is 0 Å². The summed E-state index contributed by atoms with van der Waals surface area (Å²) in [6, 6.07) is 10.3. The Labute approximate surface area is 243 Å². The number of hydrogen-bond donors (Lipinski definition) is 2. The van der Waals surface area contributed by atoms with E-state index >= 15 is 4.39 Å². The summed E-state index contributed by atoms with van der Waals surface area (Å²) >= 11 is 0. The van der Waals surface area contributed by atoms with Gasteiger partial charge in [0, 0.05) is 23.6 Å². The number of carbonyl (C=O) groups is 1. The molecule has 1 aliphatic heterocycles. The number of para-hydroxylation sites is 1. The van der Waals surface area contributed by atoms with Gasteiger partial charge in [0.2, 0.25) is 11.6 Å². The molecule has 3 heterocycles. The largest absolute Gasteiger partial charge is 0.493 e. The van der Waals surface area contributed by atoms with Gasteiger partial charge in [0.25, 0.3) is 0 Å². The van der Waals surface area contributed by atoms with E-state index in [9.17, 15) is 18.0 Å². The van der Waals surface area contributed by atoms with Gasteiger partial charge in [-0.1, -0.05) is 18.2 Å². The van der Waals surface area contributed by atoms with Crippen molar-refractivity contribution in [3.05, 3.63) is 88.9 Å². The lowest BCUT2D eigenvalue weighted by atomic mass is 9.76. The van der Waals surface area contributed by atoms with E-state index in [1.165, 1.54) is 24.4 Å². The molecule has 0 saturated carbocycles. The van der Waals surface area contributed by atoms with Gasteiger partial charge in [-0.3, -0.25) is 9.89 Å². The first kappa shape index (κ1) is 28.3. The summed E-state index contributed by atoms with van der Waals surface area (Å²) in [6.45, 7) is 4.38. The third kappa shape index (κ3) is 4.96. The molecule has 6 rings (SSSR count). The van der Waals surface area contributed by atoms with Crippen LogP contribution in [0.4, 0.5) is 17.6 Å². The summed E-state index contributed by atoms with van der Waals surface area (Å²) in [5.41, 5.74) is 0.557. The monoisotopic (exact) mass is 594 g/mol. The van der Waals surface area contributed by atoms with Gasteiger partial charge in [-0.15, -0.1) is 0 Å². The number of aromatic amines is 2. The minimum atomic E-state index is -1.52. The molecule has 1 atom stereocenters. The highest BCUT2D eigenvalue weighted by atomic mass is 19.2. The van der Waals surface area contributed by atoms with Crippen molar-refractivity contribution in [1.82, 2.24) is 20.2 Å². The number of ether oxygens (including phenoxy) is 3. The number of fused-ring (bicyclic) bond motifs is 2. The Morgan fingerprint density at radius 1 is 1.09 bits per heavy atom. The Morgan fingerprint density at radius 2 is 1.93 bits per heavy atom. The maximum absolute atomic E-state index is 15.0. The fourth-order valence-electron chi connectivity index (χ4n) is 5.33. The Hall–Kier alpha value is -4.87. The lowest BCUT2D eigenvalue weighted by Crippen LogP contribution is -2.33. The fraction of sp³-hybridized carbons (Fsp3) is 0.258. The predicted octanol–water partition coefficient (Wildman–Crippen LogP) is 6.89. The van der Waals surface area contributed by atoms with Crippen LogP contribution in [-0.2, 0) is 21.4 Å². The molecule has 3 aromatic carbocycles. The van der Waals surface area contributed by atoms with Gasteiger partial charge in [-0.25, -0.2) is 18.2 Å². The predicted molar refractivity (Wildman–Crippen MR) is 148 cm³/mol. The third-order valence-electron chi connectivity index (χ3n) is 7.64. The Morgan fingerprint density at radius 3 is 2.74 bits per heavy atom. The smallest absolute Gasteiger partial charge is 0.306 e. The SMILES string of the molecule is CCOC(=O)CCc1cccc2c1OCC[C@]2(C)c1nc(-c2cc(Oc3c(F)c(F)c4[nH]ccc4c3F)ccc2F)n[nH]1. The zero-order chi connectivity index (χ0) is 30.3. The zero-order valence-electron chi connectivity index (χ0n) is 23.2. The second-order valence-corrected chi connectivity index (χ2v) is 10.3. The molecule has 0 aliphatic carbocycles. The maximum Gasteiger partial charge on any atom is 0.306 e. The second kappa shape index (κ2) is 11.1. The van der Waals surface area contributed by atoms with E-state index in [-0.39, 0.29) is 40.4 Å². The van der Waals surface area contributed by atoms with Crippen molar-refractivity contribution < 1.29 is 36.6 Å². The summed E-state index contributed by atoms with van der Waals surface area (Å²) in [5.74, 6) is -4.96. The molecule has 2 aromatic heterocycles. The number of aryl methyl sites for hydroxylation is 1. The minimum Gasteiger partial charge on any atom is -0.493 e. The van der Waals surface area contributed by atoms with Gasteiger partial charge in [0.15, 0.2) is 17.5 Å². The molecule has 2 N–H and O–H groups in total. The number of H-pyrrole nitrogens is 2. The third-order valence-corrected chi connectivity index (χ3v) is 7.64. The van der Waals surface area contributed by atoms with Crippen LogP contribution >= 0.6 is 0 Å². The van der Waals surface area contributed by atoms with Crippen molar-refractivity contribution in [3.63, 3.8) is 0 Å². The number of carbonyl (C=O) groups excluding carboxylic acids is 1. The second-order valence-electron chi connectivity index (χ2n) is 10.3. The number of nitrogens with zero attached hydrogens (tertiary/aromatic N) is 2. The van der Waals surface area contributed by atoms with E-state index in [2.05, 4.69) is 20.2 Å². The van der Waals surface area contributed by atoms with Crippen LogP contribution in [0.3, 0.4) is 0 Å². The van der Waals surface area contributed by atoms with Gasteiger partial charge in [-0.2, -0.15) is 9.49 Å². The van der Waals surface area contributed by atoms with E-state index < -0.39 is 34.4 Å². The Bertz CT molecular complexity index is 1850. The van der Waals surface area contributed by atoms with Crippen molar-refractivity contribution in [2.45, 2.75) is 38.5 Å². The first-order chi connectivity index (χ1) is 20.7. The lowest BCUT2D eigenvalue weighted by Gasteiger charge is -2.35. The minimum absolute atomic E-state index is 0.0149. The van der Waals surface area contributed by atoms with Crippen LogP contribution in [0.15, 0.2) is 48.7 Å². The fourth-order valence-corrected chi connectivity index (χ4v) is 5.33. The summed E-state index contributed by atoms with van der Waals surface area (Å²) in [6.07, 6.45) is 2.44. The van der Waals surface area contributed by atoms with Gasteiger partial charge >= 0.3 is 5.97 Å². The summed E-state index contributed by atoms with van der Waals surface area (Å²) in [4.78, 5) is 19.0. The lowest BCUT2D eigenvalue weighted by molar-refractivity contribution is -0.143. The van der Waals surface area contributed by atoms with E-state index in [0.717, 1.165) is 17.2 Å². The summed E-state index contributed by atoms with van der Waals surface area (Å²) < 4.78 is 75.6. The van der Waals surface area contributed by atoms with E-state index in [4.69, 9.17) is 14.2 Å². The van der Waals surface area contributed by atoms with Gasteiger partial charge in [0.05, 0.1) is 29.7 Å². The van der Waals surface area contributed by atoms with Crippen LogP contribution in [0.1, 0.15) is 43.6 Å². The number of hydrogen-bond acceptors (Lipinski definition) is 6. The highest BCUT2D eigenvalue weighted by molar-refractivity contribution is 5.82. The number of benzene rings is 3. The molecule has 0 saturated heterocycles. The van der Waals surface area contributed by atoms with Gasteiger partial charge in [-0.05, 0) is 56.5 Å². The van der Waals surface area contributed by atoms with E-state index in [1.54, 1.807) is 6.92 Å². The average molecular weight is 595 g/mol. The Kier molecular flexibility index (Phi) is 7.28. The van der Waals surface area contributed by atoms with Crippen LogP contribution in [0.2, 0.25) is 0 Å². The van der Waals surface area contributed by atoms with Gasteiger partial charge < -0.3 is 19.2 Å². The Balaban J connectivity index is 1.31. The molecule has 0 amide bonds. The standard InChI is InChI=1S/C31H26F4N4O4/c1-3-41-22(40)10-7-16-5-4-6-20-27(16)42-14-12-31(20,2)30-37-29(38-39-30)19-15-17(8-9-21(19)32)43-28-23(33)18-11-13-36-26(18)24(34)25(28)35/h4-6,8-9,11,13,15,36H,3,7,10,12,14H2,1-2H3,(H,37,38,39)/t31-/m0/s1. The van der Waals surface area contributed by atoms with Crippen molar-refractivity contribution in [1.29, 1.82) is 0 Å². The molecule has 222 valence electrons. The van der Waals surface area contributed by atoms with Crippen molar-refractivity contribution in [3.8, 4) is 28.6 Å². The average Bonchev–Trinajstić information content (AvgIpc) is 3.70. The van der Waals surface area contributed by atoms with Gasteiger partial charge in [0.1, 0.15) is 23.1 Å². The molecule has 0 radical (unpaired) electrons. The number of aromatic nitrogens is 4. The van der Waals surface area contributed by atoms with Crippen LogP contribution in [-0.4, -0.2) is 39.3 Å². The number of halogens is 4. The topological polar surface area (TPSA) is 102 Å². The number of rotatable bonds is 8. The van der Waals surface area contributed by atoms with Crippen LogP contribution < -0.4 is 9.47 Å². The van der Waals surface area contributed by atoms with Crippen LogP contribution in [0.25, 0.3) is 22.3 Å². The van der Waals surface area contributed by atoms with Crippen molar-refractivity contribution >= 4 is 16.9 Å². The molecule has 43 heavy (non-hydrogen) atoms. The van der Waals surface area contributed by atoms with Crippen LogP contribution in [0.5, 0.6) is 17.2 Å². The molecule has 12 heteroatoms. The molecule has 0 fully saturated rings. The molecule has 0 spiro atoms. The molecule has 5 aromatic rings. The molecule has 0 bridgehead atoms. The quantitative estimate of drug-likeness (QED) is 0.115. The summed E-state index contributed by atoms with van der Waals surface area (Å²) in [5, 5.41) is 6.95. The molecular weight excluding hydrogens is 568 g/mol. The number of nitrogens with one attached hydrogen (secondary N) is 2. The van der Waals surface area contributed by atoms with Crippen molar-refractivity contribution in [2.75, 3.05) is 13.2 Å². The normalized spacial score (nSPS) is 16.1.